The molecule has 154 valence electrons. The van der Waals surface area contributed by atoms with E-state index >= 15 is 0 Å². The molecule has 2 heterocycles. The fraction of sp³-hybridized carbons (Fsp3) is 0. The van der Waals surface area contributed by atoms with Gasteiger partial charge in [0.25, 0.3) is 5.91 Å². The highest BCUT2D eigenvalue weighted by atomic mass is 35.5. The number of halogens is 1. The van der Waals surface area contributed by atoms with Gasteiger partial charge in [0.2, 0.25) is 0 Å². The molecule has 0 fully saturated rings. The van der Waals surface area contributed by atoms with Gasteiger partial charge in [-0.25, -0.2) is 0 Å². The number of hydrogen-bond donors (Lipinski definition) is 1. The van der Waals surface area contributed by atoms with E-state index in [0.717, 1.165) is 32.1 Å². The summed E-state index contributed by atoms with van der Waals surface area (Å²) < 4.78 is 0.983. The lowest BCUT2D eigenvalue weighted by Gasteiger charge is -2.04. The van der Waals surface area contributed by atoms with E-state index in [1.807, 2.05) is 66.7 Å². The van der Waals surface area contributed by atoms with Crippen LogP contribution >= 0.6 is 22.9 Å². The number of rotatable bonds is 3. The number of thiophene rings is 1. The van der Waals surface area contributed by atoms with Crippen LogP contribution in [0.1, 0.15) is 9.67 Å². The number of nitrogens with zero attached hydrogens (tertiary/aromatic N) is 3. The standard InChI is InChI=1S/C25H15ClN4OS/c26-23-18-9-3-4-11-22(18)32-24(23)25(31)27-16-12-13-19-20(14-16)29-30(28-19)21-10-5-7-15-6-1-2-8-17(15)21/h1-14H,(H,27,31). The Labute approximate surface area is 191 Å². The highest BCUT2D eigenvalue weighted by molar-refractivity contribution is 7.21. The van der Waals surface area contributed by atoms with Gasteiger partial charge in [0.05, 0.1) is 10.7 Å². The second kappa shape index (κ2) is 7.44. The quantitative estimate of drug-likeness (QED) is 0.324. The monoisotopic (exact) mass is 454 g/mol. The van der Waals surface area contributed by atoms with Gasteiger partial charge in [-0.1, -0.05) is 66.2 Å². The number of aromatic nitrogens is 3. The van der Waals surface area contributed by atoms with Gasteiger partial charge in [0, 0.05) is 21.2 Å². The van der Waals surface area contributed by atoms with Crippen molar-refractivity contribution in [3.05, 3.63) is 94.8 Å². The fourth-order valence-electron chi connectivity index (χ4n) is 3.83. The first-order chi connectivity index (χ1) is 15.7. The minimum Gasteiger partial charge on any atom is -0.321 e. The molecule has 0 spiro atoms. The Kier molecular flexibility index (Phi) is 4.41. The second-order valence-electron chi connectivity index (χ2n) is 7.39. The SMILES string of the molecule is O=C(Nc1ccc2nn(-c3cccc4ccccc34)nc2c1)c1sc2ccccc2c1Cl. The Morgan fingerprint density at radius 2 is 1.59 bits per heavy atom. The predicted octanol–water partition coefficient (Wildman–Crippen LogP) is 6.69. The van der Waals surface area contributed by atoms with E-state index in [-0.39, 0.29) is 5.91 Å². The average Bonchev–Trinajstić information content (AvgIpc) is 3.40. The molecule has 4 aromatic carbocycles. The number of hydrogen-bond acceptors (Lipinski definition) is 4. The van der Waals surface area contributed by atoms with Crippen LogP contribution in [0.15, 0.2) is 84.9 Å². The first kappa shape index (κ1) is 19.0. The van der Waals surface area contributed by atoms with Gasteiger partial charge in [0.1, 0.15) is 15.9 Å². The van der Waals surface area contributed by atoms with Crippen molar-refractivity contribution in [1.82, 2.24) is 15.0 Å². The third kappa shape index (κ3) is 3.12. The maximum Gasteiger partial charge on any atom is 0.267 e. The van der Waals surface area contributed by atoms with Crippen LogP contribution in [-0.4, -0.2) is 20.9 Å². The number of anilines is 1. The number of fused-ring (bicyclic) bond motifs is 3. The van der Waals surface area contributed by atoms with Crippen LogP contribution in [-0.2, 0) is 0 Å². The Hall–Kier alpha value is -3.74. The molecule has 5 nitrogen and oxygen atoms in total. The number of nitrogens with one attached hydrogen (secondary N) is 1. The summed E-state index contributed by atoms with van der Waals surface area (Å²) in [6.45, 7) is 0. The zero-order chi connectivity index (χ0) is 21.7. The highest BCUT2D eigenvalue weighted by Crippen LogP contribution is 2.35. The van der Waals surface area contributed by atoms with Crippen LogP contribution in [0.5, 0.6) is 0 Å². The van der Waals surface area contributed by atoms with E-state index in [1.54, 1.807) is 4.80 Å². The lowest BCUT2D eigenvalue weighted by molar-refractivity contribution is 0.103. The summed E-state index contributed by atoms with van der Waals surface area (Å²) >= 11 is 7.84. The van der Waals surface area contributed by atoms with Crippen molar-refractivity contribution in [1.29, 1.82) is 0 Å². The minimum absolute atomic E-state index is 0.239. The normalized spacial score (nSPS) is 11.4. The molecular formula is C25H15ClN4OS. The molecule has 0 radical (unpaired) electrons. The van der Waals surface area contributed by atoms with E-state index < -0.39 is 0 Å². The highest BCUT2D eigenvalue weighted by Gasteiger charge is 2.17. The summed E-state index contributed by atoms with van der Waals surface area (Å²) in [6, 6.07) is 27.4. The molecular weight excluding hydrogens is 440 g/mol. The summed E-state index contributed by atoms with van der Waals surface area (Å²) in [5.41, 5.74) is 2.98. The Morgan fingerprint density at radius 1 is 0.844 bits per heavy atom. The van der Waals surface area contributed by atoms with Crippen molar-refractivity contribution in [2.24, 2.45) is 0 Å². The molecule has 6 rings (SSSR count). The van der Waals surface area contributed by atoms with Crippen molar-refractivity contribution < 1.29 is 4.79 Å². The number of carbonyl (C=O) groups is 1. The number of amides is 1. The van der Waals surface area contributed by atoms with Crippen LogP contribution in [0.3, 0.4) is 0 Å². The van der Waals surface area contributed by atoms with Gasteiger partial charge in [-0.3, -0.25) is 4.79 Å². The fourth-order valence-corrected chi connectivity index (χ4v) is 5.24. The summed E-state index contributed by atoms with van der Waals surface area (Å²) in [4.78, 5) is 15.0. The lowest BCUT2D eigenvalue weighted by Crippen LogP contribution is -2.10. The van der Waals surface area contributed by atoms with E-state index in [4.69, 9.17) is 11.6 Å². The molecule has 1 amide bonds. The van der Waals surface area contributed by atoms with Crippen LogP contribution in [0, 0.1) is 0 Å². The van der Waals surface area contributed by atoms with E-state index in [0.29, 0.717) is 21.1 Å². The predicted molar refractivity (Wildman–Crippen MR) is 131 cm³/mol. The molecule has 0 atom stereocenters. The van der Waals surface area contributed by atoms with E-state index in [1.165, 1.54) is 11.3 Å². The van der Waals surface area contributed by atoms with Crippen LogP contribution in [0.4, 0.5) is 5.69 Å². The minimum atomic E-state index is -0.239. The van der Waals surface area contributed by atoms with Crippen molar-refractivity contribution in [3.8, 4) is 5.69 Å². The zero-order valence-corrected chi connectivity index (χ0v) is 18.2. The molecule has 6 aromatic rings. The third-order valence-electron chi connectivity index (χ3n) is 5.36. The lowest BCUT2D eigenvalue weighted by atomic mass is 10.1. The Morgan fingerprint density at radius 3 is 2.47 bits per heavy atom. The maximum atomic E-state index is 12.9. The van der Waals surface area contributed by atoms with Gasteiger partial charge in [-0.05, 0) is 35.7 Å². The molecule has 0 saturated carbocycles. The van der Waals surface area contributed by atoms with Gasteiger partial charge in [-0.2, -0.15) is 0 Å². The van der Waals surface area contributed by atoms with Gasteiger partial charge >= 0.3 is 0 Å². The molecule has 0 saturated heterocycles. The third-order valence-corrected chi connectivity index (χ3v) is 7.04. The van der Waals surface area contributed by atoms with Gasteiger partial charge in [-0.15, -0.1) is 26.3 Å². The first-order valence-corrected chi connectivity index (χ1v) is 11.2. The maximum absolute atomic E-state index is 12.9. The van der Waals surface area contributed by atoms with Crippen molar-refractivity contribution in [3.63, 3.8) is 0 Å². The summed E-state index contributed by atoms with van der Waals surface area (Å²) in [6.07, 6.45) is 0. The summed E-state index contributed by atoms with van der Waals surface area (Å²) in [7, 11) is 0. The number of benzene rings is 4. The molecule has 32 heavy (non-hydrogen) atoms. The Balaban J connectivity index is 1.35. The molecule has 0 unspecified atom stereocenters. The smallest absolute Gasteiger partial charge is 0.267 e. The topological polar surface area (TPSA) is 59.8 Å². The molecule has 0 bridgehead atoms. The van der Waals surface area contributed by atoms with Crippen molar-refractivity contribution in [2.75, 3.05) is 5.32 Å². The van der Waals surface area contributed by atoms with Crippen molar-refractivity contribution in [2.45, 2.75) is 0 Å². The largest absolute Gasteiger partial charge is 0.321 e. The van der Waals surface area contributed by atoms with Crippen molar-refractivity contribution >= 4 is 66.4 Å². The molecule has 1 N–H and O–H groups in total. The summed E-state index contributed by atoms with van der Waals surface area (Å²) in [5.74, 6) is -0.239. The second-order valence-corrected chi connectivity index (χ2v) is 8.82. The van der Waals surface area contributed by atoms with Crippen LogP contribution in [0.2, 0.25) is 5.02 Å². The Bertz CT molecular complexity index is 1650. The average molecular weight is 455 g/mol. The summed E-state index contributed by atoms with van der Waals surface area (Å²) in [5, 5.41) is 15.8. The first-order valence-electron chi connectivity index (χ1n) is 10.0. The van der Waals surface area contributed by atoms with E-state index in [9.17, 15) is 4.79 Å². The molecule has 0 aliphatic rings. The van der Waals surface area contributed by atoms with E-state index in [2.05, 4.69) is 33.7 Å². The molecule has 2 aromatic heterocycles. The van der Waals surface area contributed by atoms with Crippen LogP contribution < -0.4 is 5.32 Å². The van der Waals surface area contributed by atoms with Gasteiger partial charge < -0.3 is 5.32 Å². The molecule has 0 aliphatic carbocycles. The van der Waals surface area contributed by atoms with Crippen LogP contribution in [0.25, 0.3) is 37.6 Å². The zero-order valence-electron chi connectivity index (χ0n) is 16.6. The number of carbonyl (C=O) groups excluding carboxylic acids is 1. The molecule has 7 heteroatoms. The molecule has 0 aliphatic heterocycles. The van der Waals surface area contributed by atoms with Gasteiger partial charge in [0.15, 0.2) is 0 Å².